The average Bonchev–Trinajstić information content (AvgIpc) is 3.26. The summed E-state index contributed by atoms with van der Waals surface area (Å²) < 4.78 is 64.2. The highest BCUT2D eigenvalue weighted by molar-refractivity contribution is 7.92. The van der Waals surface area contributed by atoms with E-state index in [2.05, 4.69) is 17.2 Å². The molecule has 11 heteroatoms. The lowest BCUT2D eigenvalue weighted by atomic mass is 10.1. The largest absolute Gasteiger partial charge is 0.501 e. The summed E-state index contributed by atoms with van der Waals surface area (Å²) in [6.45, 7) is 2.06. The van der Waals surface area contributed by atoms with Crippen LogP contribution >= 0.6 is 11.3 Å². The van der Waals surface area contributed by atoms with Crippen molar-refractivity contribution in [2.24, 2.45) is 0 Å². The molecule has 4 aromatic rings. The molecule has 3 aromatic carbocycles. The molecule has 0 aliphatic rings. The van der Waals surface area contributed by atoms with Crippen LogP contribution in [0.25, 0.3) is 20.8 Å². The summed E-state index contributed by atoms with van der Waals surface area (Å²) in [6, 6.07) is 16.7. The summed E-state index contributed by atoms with van der Waals surface area (Å²) >= 11 is 1.44. The number of nitriles is 1. The second kappa shape index (κ2) is 9.13. The number of aromatic nitrogens is 1. The van der Waals surface area contributed by atoms with Gasteiger partial charge in [0.15, 0.2) is 0 Å². The Hall–Kier alpha value is -3.75. The zero-order valence-corrected chi connectivity index (χ0v) is 19.7. The van der Waals surface area contributed by atoms with E-state index in [4.69, 9.17) is 5.26 Å². The Bertz CT molecular complexity index is 1590. The third kappa shape index (κ3) is 4.76. The van der Waals surface area contributed by atoms with E-state index in [1.807, 2.05) is 24.3 Å². The van der Waals surface area contributed by atoms with Gasteiger partial charge in [0, 0.05) is 11.3 Å². The summed E-state index contributed by atoms with van der Waals surface area (Å²) in [5, 5.41) is 12.2. The van der Waals surface area contributed by atoms with Crippen molar-refractivity contribution >= 4 is 43.0 Å². The fourth-order valence-electron chi connectivity index (χ4n) is 3.35. The molecule has 0 spiro atoms. The predicted octanol–water partition coefficient (Wildman–Crippen LogP) is 5.94. The number of carbonyl (C=O) groups is 1. The molecular weight excluding hydrogens is 499 g/mol. The van der Waals surface area contributed by atoms with Crippen LogP contribution < -0.4 is 5.32 Å². The van der Waals surface area contributed by atoms with Gasteiger partial charge in [-0.3, -0.25) is 4.79 Å². The summed E-state index contributed by atoms with van der Waals surface area (Å²) in [7, 11) is -5.82. The summed E-state index contributed by atoms with van der Waals surface area (Å²) in [5.41, 5.74) is -3.69. The topological polar surface area (TPSA) is 99.9 Å². The Labute approximate surface area is 202 Å². The van der Waals surface area contributed by atoms with Crippen LogP contribution in [0.2, 0.25) is 0 Å². The highest BCUT2D eigenvalue weighted by Crippen LogP contribution is 2.34. The molecule has 0 aliphatic carbocycles. The molecule has 0 radical (unpaired) electrons. The van der Waals surface area contributed by atoms with E-state index in [9.17, 15) is 26.4 Å². The molecule has 6 nitrogen and oxygen atoms in total. The number of hydrogen-bond acceptors (Lipinski definition) is 6. The van der Waals surface area contributed by atoms with Crippen molar-refractivity contribution in [1.29, 1.82) is 5.26 Å². The van der Waals surface area contributed by atoms with Gasteiger partial charge < -0.3 is 5.32 Å². The van der Waals surface area contributed by atoms with Crippen molar-refractivity contribution in [3.05, 3.63) is 77.4 Å². The number of sulfone groups is 1. The quantitative estimate of drug-likeness (QED) is 0.354. The van der Waals surface area contributed by atoms with Crippen molar-refractivity contribution in [1.82, 2.24) is 4.98 Å². The highest BCUT2D eigenvalue weighted by Gasteiger charge is 2.48. The van der Waals surface area contributed by atoms with Crippen LogP contribution in [0.15, 0.2) is 65.6 Å². The van der Waals surface area contributed by atoms with Crippen LogP contribution in [-0.4, -0.2) is 24.8 Å². The van der Waals surface area contributed by atoms with E-state index in [0.717, 1.165) is 33.8 Å². The molecule has 4 rings (SSSR count). The van der Waals surface area contributed by atoms with Gasteiger partial charge in [-0.25, -0.2) is 13.4 Å². The molecule has 35 heavy (non-hydrogen) atoms. The van der Waals surface area contributed by atoms with Gasteiger partial charge in [0.2, 0.25) is 0 Å². The number of alkyl halides is 3. The number of fused-ring (bicyclic) bond motifs is 1. The van der Waals surface area contributed by atoms with Crippen molar-refractivity contribution in [2.75, 3.05) is 5.32 Å². The predicted molar refractivity (Wildman–Crippen MR) is 127 cm³/mol. The lowest BCUT2D eigenvalue weighted by Crippen LogP contribution is -2.26. The molecule has 0 saturated carbocycles. The van der Waals surface area contributed by atoms with Crippen LogP contribution in [0.4, 0.5) is 18.9 Å². The van der Waals surface area contributed by atoms with Crippen LogP contribution in [0.3, 0.4) is 0 Å². The maximum atomic E-state index is 13.1. The Morgan fingerprint density at radius 2 is 1.80 bits per heavy atom. The van der Waals surface area contributed by atoms with Crippen molar-refractivity contribution in [3.8, 4) is 16.6 Å². The monoisotopic (exact) mass is 515 g/mol. The lowest BCUT2D eigenvalue weighted by molar-refractivity contribution is -0.0436. The number of aryl methyl sites for hydroxylation is 1. The first-order valence-electron chi connectivity index (χ1n) is 10.2. The van der Waals surface area contributed by atoms with E-state index in [0.29, 0.717) is 11.6 Å². The Morgan fingerprint density at radius 3 is 2.43 bits per heavy atom. The van der Waals surface area contributed by atoms with Gasteiger partial charge in [-0.15, -0.1) is 11.3 Å². The summed E-state index contributed by atoms with van der Waals surface area (Å²) in [6.07, 6.45) is 0.909. The molecule has 0 saturated heterocycles. The molecular formula is C24H16F3N3O3S2. The van der Waals surface area contributed by atoms with Gasteiger partial charge in [0.25, 0.3) is 15.7 Å². The molecule has 0 atom stereocenters. The number of halogens is 3. The Kier molecular flexibility index (Phi) is 6.36. The van der Waals surface area contributed by atoms with Gasteiger partial charge in [-0.1, -0.05) is 31.2 Å². The van der Waals surface area contributed by atoms with E-state index in [-0.39, 0.29) is 11.3 Å². The van der Waals surface area contributed by atoms with Crippen LogP contribution in [0.5, 0.6) is 0 Å². The smallest absolute Gasteiger partial charge is 0.322 e. The van der Waals surface area contributed by atoms with E-state index < -0.39 is 31.7 Å². The number of carbonyl (C=O) groups excluding carboxylic acids is 1. The third-order valence-corrected chi connectivity index (χ3v) is 7.83. The molecule has 1 N–H and O–H groups in total. The number of amides is 1. The minimum atomic E-state index is -5.82. The maximum Gasteiger partial charge on any atom is 0.501 e. The SMILES string of the molecule is CCc1ccc(-c2nc3cc(NC(=O)c4cc(C#N)ccc4S(=O)(=O)C(F)(F)F)ccc3s2)cc1. The molecule has 0 aliphatic heterocycles. The van der Waals surface area contributed by atoms with Gasteiger partial charge >= 0.3 is 5.51 Å². The first-order chi connectivity index (χ1) is 16.5. The fourth-order valence-corrected chi connectivity index (χ4v) is 5.24. The fraction of sp³-hybridized carbons (Fsp3) is 0.125. The second-order valence-corrected chi connectivity index (χ2v) is 10.4. The Balaban J connectivity index is 1.68. The zero-order valence-electron chi connectivity index (χ0n) is 18.1. The molecule has 1 aromatic heterocycles. The normalized spacial score (nSPS) is 11.9. The second-order valence-electron chi connectivity index (χ2n) is 7.48. The molecule has 1 amide bonds. The van der Waals surface area contributed by atoms with Crippen molar-refractivity contribution < 1.29 is 26.4 Å². The number of benzene rings is 3. The third-order valence-electron chi connectivity index (χ3n) is 5.20. The minimum absolute atomic E-state index is 0.162. The van der Waals surface area contributed by atoms with Gasteiger partial charge in [-0.2, -0.15) is 18.4 Å². The molecule has 1 heterocycles. The summed E-state index contributed by atoms with van der Waals surface area (Å²) in [4.78, 5) is 16.2. The molecule has 0 unspecified atom stereocenters. The number of nitrogens with one attached hydrogen (secondary N) is 1. The van der Waals surface area contributed by atoms with Gasteiger partial charge in [0.1, 0.15) is 5.01 Å². The lowest BCUT2D eigenvalue weighted by Gasteiger charge is -2.13. The van der Waals surface area contributed by atoms with Crippen LogP contribution in [0.1, 0.15) is 28.4 Å². The number of hydrogen-bond donors (Lipinski definition) is 1. The minimum Gasteiger partial charge on any atom is -0.322 e. The summed E-state index contributed by atoms with van der Waals surface area (Å²) in [5.74, 6) is -1.10. The first-order valence-corrected chi connectivity index (χ1v) is 12.5. The Morgan fingerprint density at radius 1 is 1.09 bits per heavy atom. The highest BCUT2D eigenvalue weighted by atomic mass is 32.2. The van der Waals surface area contributed by atoms with E-state index >= 15 is 0 Å². The zero-order chi connectivity index (χ0) is 25.4. The van der Waals surface area contributed by atoms with E-state index in [1.165, 1.54) is 23.0 Å². The van der Waals surface area contributed by atoms with Crippen molar-refractivity contribution in [3.63, 3.8) is 0 Å². The number of rotatable bonds is 5. The number of nitrogens with zero attached hydrogens (tertiary/aromatic N) is 2. The van der Waals surface area contributed by atoms with E-state index in [1.54, 1.807) is 18.2 Å². The van der Waals surface area contributed by atoms with Crippen LogP contribution in [0, 0.1) is 11.3 Å². The van der Waals surface area contributed by atoms with Gasteiger partial charge in [-0.05, 0) is 48.4 Å². The number of thiazole rings is 1. The average molecular weight is 516 g/mol. The number of anilines is 1. The molecule has 0 fully saturated rings. The van der Waals surface area contributed by atoms with Crippen molar-refractivity contribution in [2.45, 2.75) is 23.7 Å². The molecule has 178 valence electrons. The standard InChI is InChI=1S/C24H16F3N3O3S2/c1-2-14-3-6-16(7-4-14)23-30-19-12-17(8-9-20(19)34-23)29-22(31)18-11-15(13-28)5-10-21(18)35(32,33)24(25,26)27/h3-12H,2H2,1H3,(H,29,31). The van der Waals surface area contributed by atoms with Crippen LogP contribution in [-0.2, 0) is 16.3 Å². The maximum absolute atomic E-state index is 13.1. The van der Waals surface area contributed by atoms with Gasteiger partial charge in [0.05, 0.1) is 32.3 Å². The molecule has 0 bridgehead atoms. The first kappa shape index (κ1) is 24.4.